The largest absolute Gasteiger partial charge is 0.469 e. The van der Waals surface area contributed by atoms with Gasteiger partial charge in [0.1, 0.15) is 0 Å². The maximum atomic E-state index is 11.6. The van der Waals surface area contributed by atoms with Crippen LogP contribution in [0.4, 0.5) is 0 Å². The van der Waals surface area contributed by atoms with Gasteiger partial charge in [0, 0.05) is 0 Å². The third kappa shape index (κ3) is 2.88. The van der Waals surface area contributed by atoms with Gasteiger partial charge in [0.15, 0.2) is 0 Å². The molecular weight excluding hydrogens is 276 g/mol. The van der Waals surface area contributed by atoms with Crippen molar-refractivity contribution in [2.45, 2.75) is 52.6 Å². The number of allylic oxidation sites excluding steroid dienone is 3. The van der Waals surface area contributed by atoms with Gasteiger partial charge in [-0.1, -0.05) is 38.2 Å². The normalized spacial score (nSPS) is 41.9. The summed E-state index contributed by atoms with van der Waals surface area (Å²) >= 11 is 0. The molecule has 0 aromatic rings. The summed E-state index contributed by atoms with van der Waals surface area (Å²) in [6.07, 6.45) is 6.96. The summed E-state index contributed by atoms with van der Waals surface area (Å²) in [5.74, 6) is 1.36. The fourth-order valence-corrected chi connectivity index (χ4v) is 5.08. The van der Waals surface area contributed by atoms with E-state index in [1.54, 1.807) is 0 Å². The number of fused-ring (bicyclic) bond motifs is 1. The number of carbonyl (C=O) groups excluding carboxylic acids is 1. The van der Waals surface area contributed by atoms with Crippen molar-refractivity contribution in [3.8, 4) is 0 Å². The molecule has 22 heavy (non-hydrogen) atoms. The zero-order valence-electron chi connectivity index (χ0n) is 14.3. The van der Waals surface area contributed by atoms with Crippen molar-refractivity contribution in [2.24, 2.45) is 29.1 Å². The standard InChI is InChI=1S/C19H30O3/c1-6-7-12(2)15-8-9-19(4)16(13(15)3)10-14(18(19)21)11-17(20)22-5/h6-7,13-16,18,21H,1,8-11H2,2-5H3/b12-7+/t13-,14-,15-,16+,18+,19+/m1/s1. The second-order valence-corrected chi connectivity index (χ2v) is 7.48. The Bertz CT molecular complexity index is 467. The molecule has 0 saturated heterocycles. The highest BCUT2D eigenvalue weighted by Gasteiger charge is 2.56. The molecule has 3 heteroatoms. The van der Waals surface area contributed by atoms with Crippen molar-refractivity contribution in [1.82, 2.24) is 0 Å². The molecule has 0 radical (unpaired) electrons. The van der Waals surface area contributed by atoms with Gasteiger partial charge in [0.05, 0.1) is 19.6 Å². The number of hydrogen-bond donors (Lipinski definition) is 1. The molecule has 0 unspecified atom stereocenters. The minimum atomic E-state index is -0.399. The first-order chi connectivity index (χ1) is 10.3. The van der Waals surface area contributed by atoms with Crippen molar-refractivity contribution in [3.05, 3.63) is 24.3 Å². The van der Waals surface area contributed by atoms with Crippen LogP contribution in [0.2, 0.25) is 0 Å². The maximum Gasteiger partial charge on any atom is 0.305 e. The summed E-state index contributed by atoms with van der Waals surface area (Å²) in [4.78, 5) is 11.6. The zero-order chi connectivity index (χ0) is 16.5. The maximum absolute atomic E-state index is 11.6. The van der Waals surface area contributed by atoms with Crippen LogP contribution in [0.25, 0.3) is 0 Å². The molecule has 0 amide bonds. The van der Waals surface area contributed by atoms with Gasteiger partial charge in [-0.15, -0.1) is 0 Å². The third-order valence-corrected chi connectivity index (χ3v) is 6.41. The molecule has 2 aliphatic carbocycles. The first-order valence-corrected chi connectivity index (χ1v) is 8.39. The average molecular weight is 306 g/mol. The van der Waals surface area contributed by atoms with Crippen LogP contribution in [0.5, 0.6) is 0 Å². The summed E-state index contributed by atoms with van der Waals surface area (Å²) in [5.41, 5.74) is 1.32. The molecule has 0 heterocycles. The first kappa shape index (κ1) is 17.3. The van der Waals surface area contributed by atoms with E-state index >= 15 is 0 Å². The summed E-state index contributed by atoms with van der Waals surface area (Å²) in [6, 6.07) is 0. The smallest absolute Gasteiger partial charge is 0.305 e. The summed E-state index contributed by atoms with van der Waals surface area (Å²) in [5, 5.41) is 10.8. The van der Waals surface area contributed by atoms with Crippen LogP contribution >= 0.6 is 0 Å². The van der Waals surface area contributed by atoms with Gasteiger partial charge >= 0.3 is 5.97 Å². The van der Waals surface area contributed by atoms with Gasteiger partial charge < -0.3 is 9.84 Å². The van der Waals surface area contributed by atoms with Crippen molar-refractivity contribution in [1.29, 1.82) is 0 Å². The minimum Gasteiger partial charge on any atom is -0.469 e. The van der Waals surface area contributed by atoms with Crippen LogP contribution in [0, 0.1) is 29.1 Å². The van der Waals surface area contributed by atoms with Gasteiger partial charge in [0.2, 0.25) is 0 Å². The molecule has 2 saturated carbocycles. The fraction of sp³-hybridized carbons (Fsp3) is 0.737. The Hall–Kier alpha value is -1.09. The highest BCUT2D eigenvalue weighted by Crippen LogP contribution is 2.59. The number of rotatable bonds is 4. The third-order valence-electron chi connectivity index (χ3n) is 6.41. The Morgan fingerprint density at radius 1 is 1.50 bits per heavy atom. The molecule has 0 aromatic carbocycles. The van der Waals surface area contributed by atoms with E-state index in [0.29, 0.717) is 24.2 Å². The predicted octanol–water partition coefficient (Wildman–Crippen LogP) is 3.73. The van der Waals surface area contributed by atoms with E-state index in [1.165, 1.54) is 12.7 Å². The lowest BCUT2D eigenvalue weighted by Gasteiger charge is -2.47. The second kappa shape index (κ2) is 6.57. The van der Waals surface area contributed by atoms with E-state index in [1.807, 2.05) is 6.08 Å². The lowest BCUT2D eigenvalue weighted by Crippen LogP contribution is -2.43. The molecule has 0 aliphatic heterocycles. The molecule has 2 aliphatic rings. The SMILES string of the molecule is C=C/C=C(\C)[C@H]1CC[C@]2(C)[C@@H](O)[C@@H](CC(=O)OC)C[C@H]2[C@@H]1C. The predicted molar refractivity (Wildman–Crippen MR) is 88.2 cm³/mol. The quantitative estimate of drug-likeness (QED) is 0.636. The lowest BCUT2D eigenvalue weighted by molar-refractivity contribution is -0.143. The number of aliphatic hydroxyl groups is 1. The zero-order valence-corrected chi connectivity index (χ0v) is 14.3. The molecule has 2 rings (SSSR count). The summed E-state index contributed by atoms with van der Waals surface area (Å²) in [7, 11) is 1.42. The van der Waals surface area contributed by atoms with Crippen molar-refractivity contribution >= 4 is 5.97 Å². The van der Waals surface area contributed by atoms with Gasteiger partial charge in [-0.3, -0.25) is 4.79 Å². The molecule has 3 nitrogen and oxygen atoms in total. The first-order valence-electron chi connectivity index (χ1n) is 8.39. The van der Waals surface area contributed by atoms with E-state index in [4.69, 9.17) is 4.74 Å². The van der Waals surface area contributed by atoms with E-state index in [2.05, 4.69) is 33.4 Å². The molecule has 1 N–H and O–H groups in total. The van der Waals surface area contributed by atoms with Crippen LogP contribution in [-0.2, 0) is 9.53 Å². The van der Waals surface area contributed by atoms with E-state index in [-0.39, 0.29) is 17.3 Å². The van der Waals surface area contributed by atoms with Crippen molar-refractivity contribution in [2.75, 3.05) is 7.11 Å². The number of hydrogen-bond acceptors (Lipinski definition) is 3. The van der Waals surface area contributed by atoms with Gasteiger partial charge in [-0.05, 0) is 55.3 Å². The van der Waals surface area contributed by atoms with Crippen LogP contribution in [-0.4, -0.2) is 24.3 Å². The molecule has 0 aromatic heterocycles. The second-order valence-electron chi connectivity index (χ2n) is 7.48. The lowest BCUT2D eigenvalue weighted by atomic mass is 9.59. The molecule has 2 fully saturated rings. The number of ether oxygens (including phenoxy) is 1. The Morgan fingerprint density at radius 3 is 2.77 bits per heavy atom. The Kier molecular flexibility index (Phi) is 5.16. The Balaban J connectivity index is 2.19. The van der Waals surface area contributed by atoms with Gasteiger partial charge in [0.25, 0.3) is 0 Å². The van der Waals surface area contributed by atoms with Crippen molar-refractivity contribution < 1.29 is 14.6 Å². The van der Waals surface area contributed by atoms with E-state index < -0.39 is 6.10 Å². The van der Waals surface area contributed by atoms with E-state index in [9.17, 15) is 9.90 Å². The number of carbonyl (C=O) groups is 1. The number of methoxy groups -OCH3 is 1. The van der Waals surface area contributed by atoms with Crippen molar-refractivity contribution in [3.63, 3.8) is 0 Å². The molecule has 0 spiro atoms. The topological polar surface area (TPSA) is 46.5 Å². The van der Waals surface area contributed by atoms with E-state index in [0.717, 1.165) is 19.3 Å². The molecular formula is C19H30O3. The minimum absolute atomic E-state index is 0.0346. The molecule has 124 valence electrons. The number of aliphatic hydroxyl groups excluding tert-OH is 1. The summed E-state index contributed by atoms with van der Waals surface area (Å²) in [6.45, 7) is 10.5. The van der Waals surface area contributed by atoms with Crippen LogP contribution < -0.4 is 0 Å². The van der Waals surface area contributed by atoms with Gasteiger partial charge in [-0.2, -0.15) is 0 Å². The van der Waals surface area contributed by atoms with Crippen LogP contribution in [0.3, 0.4) is 0 Å². The Morgan fingerprint density at radius 2 is 2.18 bits per heavy atom. The molecule has 6 atom stereocenters. The monoisotopic (exact) mass is 306 g/mol. The fourth-order valence-electron chi connectivity index (χ4n) is 5.08. The molecule has 0 bridgehead atoms. The van der Waals surface area contributed by atoms with Gasteiger partial charge in [-0.25, -0.2) is 0 Å². The Labute approximate surface area is 134 Å². The summed E-state index contributed by atoms with van der Waals surface area (Å²) < 4.78 is 4.79. The number of esters is 1. The highest BCUT2D eigenvalue weighted by molar-refractivity contribution is 5.69. The van der Waals surface area contributed by atoms with Crippen LogP contribution in [0.1, 0.15) is 46.5 Å². The van der Waals surface area contributed by atoms with Crippen LogP contribution in [0.15, 0.2) is 24.3 Å². The average Bonchev–Trinajstić information content (AvgIpc) is 2.73. The highest BCUT2D eigenvalue weighted by atomic mass is 16.5.